The van der Waals surface area contributed by atoms with Crippen molar-refractivity contribution in [1.82, 2.24) is 9.47 Å². The number of aromatic nitrogens is 1. The largest absolute Gasteiger partial charge is 0.397 e. The standard InChI is InChI=1S/C14H21N3O/c1-4-7-16(12-5-6-12)14(18)13-8-11(15)9-17(13)10(2)3/h4,8-10,12H,1,5-7,15H2,2-3H3. The van der Waals surface area contributed by atoms with E-state index in [9.17, 15) is 4.79 Å². The monoisotopic (exact) mass is 247 g/mol. The number of carbonyl (C=O) groups excluding carboxylic acids is 1. The summed E-state index contributed by atoms with van der Waals surface area (Å²) in [7, 11) is 0. The Hall–Kier alpha value is -1.71. The molecular weight excluding hydrogens is 226 g/mol. The molecule has 4 nitrogen and oxygen atoms in total. The van der Waals surface area contributed by atoms with Gasteiger partial charge < -0.3 is 15.2 Å². The minimum atomic E-state index is 0.0581. The van der Waals surface area contributed by atoms with Crippen LogP contribution >= 0.6 is 0 Å². The molecule has 1 amide bonds. The number of amides is 1. The third kappa shape index (κ3) is 2.42. The average Bonchev–Trinajstić information content (AvgIpc) is 3.07. The summed E-state index contributed by atoms with van der Waals surface area (Å²) in [6.07, 6.45) is 5.80. The number of nitrogens with two attached hydrogens (primary N) is 1. The molecule has 0 bridgehead atoms. The van der Waals surface area contributed by atoms with Gasteiger partial charge in [0.05, 0.1) is 5.69 Å². The van der Waals surface area contributed by atoms with Crippen molar-refractivity contribution in [2.45, 2.75) is 38.8 Å². The molecule has 2 rings (SSSR count). The Labute approximate surface area is 108 Å². The third-order valence-corrected chi connectivity index (χ3v) is 3.22. The smallest absolute Gasteiger partial charge is 0.271 e. The number of rotatable bonds is 5. The zero-order valence-electron chi connectivity index (χ0n) is 11.1. The molecule has 0 saturated heterocycles. The molecule has 18 heavy (non-hydrogen) atoms. The Morgan fingerprint density at radius 2 is 2.33 bits per heavy atom. The fraction of sp³-hybridized carbons (Fsp3) is 0.500. The Kier molecular flexibility index (Phi) is 3.45. The molecule has 4 heteroatoms. The van der Waals surface area contributed by atoms with E-state index in [1.165, 1.54) is 0 Å². The molecule has 1 heterocycles. The molecule has 2 N–H and O–H groups in total. The predicted octanol–water partition coefficient (Wildman–Crippen LogP) is 2.44. The lowest BCUT2D eigenvalue weighted by Gasteiger charge is -2.22. The molecule has 1 aromatic heterocycles. The van der Waals surface area contributed by atoms with Crippen LogP contribution < -0.4 is 5.73 Å². The second kappa shape index (κ2) is 4.88. The molecule has 0 aromatic carbocycles. The predicted molar refractivity (Wildman–Crippen MR) is 73.5 cm³/mol. The number of hydrogen-bond donors (Lipinski definition) is 1. The van der Waals surface area contributed by atoms with Crippen molar-refractivity contribution < 1.29 is 4.79 Å². The molecular formula is C14H21N3O. The first-order chi connectivity index (χ1) is 8.54. The molecule has 0 aliphatic heterocycles. The van der Waals surface area contributed by atoms with Crippen LogP contribution in [0.5, 0.6) is 0 Å². The van der Waals surface area contributed by atoms with E-state index >= 15 is 0 Å². The molecule has 0 radical (unpaired) electrons. The molecule has 0 atom stereocenters. The summed E-state index contributed by atoms with van der Waals surface area (Å²) in [6, 6.07) is 2.37. The van der Waals surface area contributed by atoms with Crippen LogP contribution in [0.1, 0.15) is 43.2 Å². The Morgan fingerprint density at radius 3 is 2.83 bits per heavy atom. The Morgan fingerprint density at radius 1 is 1.67 bits per heavy atom. The Balaban J connectivity index is 2.28. The van der Waals surface area contributed by atoms with Crippen molar-refractivity contribution in [3.8, 4) is 0 Å². The number of carbonyl (C=O) groups is 1. The van der Waals surface area contributed by atoms with Gasteiger partial charge in [-0.25, -0.2) is 0 Å². The van der Waals surface area contributed by atoms with Crippen LogP contribution in [0.4, 0.5) is 5.69 Å². The van der Waals surface area contributed by atoms with Crippen LogP contribution in [-0.4, -0.2) is 28.0 Å². The highest BCUT2D eigenvalue weighted by Crippen LogP contribution is 2.29. The summed E-state index contributed by atoms with van der Waals surface area (Å²) in [6.45, 7) is 8.42. The molecule has 1 aliphatic carbocycles. The lowest BCUT2D eigenvalue weighted by Crippen LogP contribution is -2.34. The van der Waals surface area contributed by atoms with E-state index in [1.54, 1.807) is 12.1 Å². The van der Waals surface area contributed by atoms with Gasteiger partial charge in [0.15, 0.2) is 0 Å². The van der Waals surface area contributed by atoms with Crippen molar-refractivity contribution in [3.05, 3.63) is 30.6 Å². The molecule has 1 aliphatic rings. The van der Waals surface area contributed by atoms with Gasteiger partial charge in [-0.1, -0.05) is 6.08 Å². The number of anilines is 1. The molecule has 98 valence electrons. The van der Waals surface area contributed by atoms with Crippen LogP contribution in [0.2, 0.25) is 0 Å². The normalized spacial score (nSPS) is 14.8. The maximum Gasteiger partial charge on any atom is 0.271 e. The second-order valence-electron chi connectivity index (χ2n) is 5.14. The second-order valence-corrected chi connectivity index (χ2v) is 5.14. The maximum atomic E-state index is 12.6. The van der Waals surface area contributed by atoms with Gasteiger partial charge in [0.1, 0.15) is 5.69 Å². The van der Waals surface area contributed by atoms with Crippen molar-refractivity contribution >= 4 is 11.6 Å². The highest BCUT2D eigenvalue weighted by molar-refractivity contribution is 5.94. The molecule has 0 unspecified atom stereocenters. The SMILES string of the molecule is C=CCN(C(=O)c1cc(N)cn1C(C)C)C1CC1. The first-order valence-corrected chi connectivity index (χ1v) is 6.43. The summed E-state index contributed by atoms with van der Waals surface area (Å²) >= 11 is 0. The van der Waals surface area contributed by atoms with Crippen LogP contribution in [0, 0.1) is 0 Å². The van der Waals surface area contributed by atoms with Crippen molar-refractivity contribution in [2.24, 2.45) is 0 Å². The Bertz CT molecular complexity index is 458. The topological polar surface area (TPSA) is 51.3 Å². The van der Waals surface area contributed by atoms with E-state index in [-0.39, 0.29) is 11.9 Å². The fourth-order valence-electron chi connectivity index (χ4n) is 2.17. The quantitative estimate of drug-likeness (QED) is 0.812. The highest BCUT2D eigenvalue weighted by atomic mass is 16.2. The average molecular weight is 247 g/mol. The summed E-state index contributed by atoms with van der Waals surface area (Å²) in [5.74, 6) is 0.0581. The lowest BCUT2D eigenvalue weighted by molar-refractivity contribution is 0.0750. The van der Waals surface area contributed by atoms with Gasteiger partial charge in [-0.3, -0.25) is 4.79 Å². The third-order valence-electron chi connectivity index (χ3n) is 3.22. The van der Waals surface area contributed by atoms with E-state index in [2.05, 4.69) is 6.58 Å². The van der Waals surface area contributed by atoms with Gasteiger partial charge in [-0.2, -0.15) is 0 Å². The lowest BCUT2D eigenvalue weighted by atomic mass is 10.3. The van der Waals surface area contributed by atoms with Crippen molar-refractivity contribution in [3.63, 3.8) is 0 Å². The van der Waals surface area contributed by atoms with Crippen molar-refractivity contribution in [1.29, 1.82) is 0 Å². The van der Waals surface area contributed by atoms with E-state index < -0.39 is 0 Å². The van der Waals surface area contributed by atoms with Gasteiger partial charge in [0, 0.05) is 24.8 Å². The summed E-state index contributed by atoms with van der Waals surface area (Å²) < 4.78 is 1.94. The van der Waals surface area contributed by atoms with E-state index in [0.29, 0.717) is 24.0 Å². The van der Waals surface area contributed by atoms with E-state index in [4.69, 9.17) is 5.73 Å². The van der Waals surface area contributed by atoms with E-state index in [1.807, 2.05) is 29.5 Å². The molecule has 0 spiro atoms. The minimum Gasteiger partial charge on any atom is -0.397 e. The number of hydrogen-bond acceptors (Lipinski definition) is 2. The van der Waals surface area contributed by atoms with Crippen LogP contribution in [-0.2, 0) is 0 Å². The van der Waals surface area contributed by atoms with Crippen LogP contribution in [0.3, 0.4) is 0 Å². The van der Waals surface area contributed by atoms with Gasteiger partial charge >= 0.3 is 0 Å². The van der Waals surface area contributed by atoms with Gasteiger partial charge in [-0.05, 0) is 32.8 Å². The molecule has 1 saturated carbocycles. The summed E-state index contributed by atoms with van der Waals surface area (Å²) in [5, 5.41) is 0. The number of nitrogen functional groups attached to an aromatic ring is 1. The fourth-order valence-corrected chi connectivity index (χ4v) is 2.17. The van der Waals surface area contributed by atoms with E-state index in [0.717, 1.165) is 12.8 Å². The summed E-state index contributed by atoms with van der Waals surface area (Å²) in [4.78, 5) is 14.4. The van der Waals surface area contributed by atoms with Crippen LogP contribution in [0.15, 0.2) is 24.9 Å². The summed E-state index contributed by atoms with van der Waals surface area (Å²) in [5.41, 5.74) is 7.13. The maximum absolute atomic E-state index is 12.6. The zero-order chi connectivity index (χ0) is 13.3. The number of nitrogens with zero attached hydrogens (tertiary/aromatic N) is 2. The highest BCUT2D eigenvalue weighted by Gasteiger charge is 2.33. The minimum absolute atomic E-state index is 0.0581. The van der Waals surface area contributed by atoms with Crippen molar-refractivity contribution in [2.75, 3.05) is 12.3 Å². The van der Waals surface area contributed by atoms with Crippen LogP contribution in [0.25, 0.3) is 0 Å². The van der Waals surface area contributed by atoms with Gasteiger partial charge in [0.25, 0.3) is 5.91 Å². The van der Waals surface area contributed by atoms with Gasteiger partial charge in [0.2, 0.25) is 0 Å². The zero-order valence-corrected chi connectivity index (χ0v) is 11.1. The first-order valence-electron chi connectivity index (χ1n) is 6.43. The molecule has 1 fully saturated rings. The molecule has 1 aromatic rings. The first kappa shape index (κ1) is 12.7. The van der Waals surface area contributed by atoms with Gasteiger partial charge in [-0.15, -0.1) is 6.58 Å².